The number of carbonyl (C=O) groups is 1. The van der Waals surface area contributed by atoms with E-state index in [4.69, 9.17) is 15.7 Å². The van der Waals surface area contributed by atoms with Crippen LogP contribution in [0.15, 0.2) is 36.4 Å². The highest BCUT2D eigenvalue weighted by Crippen LogP contribution is 2.34. The largest absolute Gasteiger partial charge is 0.496 e. The SMILES string of the molecule is COc1cc2c(cc1Cc1cccc(C#N)c1)C[C@H](N)C(=O)N2O. The molecular weight excluding hydrogens is 306 g/mol. The molecule has 24 heavy (non-hydrogen) atoms. The highest BCUT2D eigenvalue weighted by Gasteiger charge is 2.30. The molecule has 0 spiro atoms. The Hall–Kier alpha value is -2.88. The number of methoxy groups -OCH3 is 1. The number of hydrogen-bond donors (Lipinski definition) is 2. The number of nitrogens with two attached hydrogens (primary N) is 1. The Bertz CT molecular complexity index is 842. The number of nitrogens with zero attached hydrogens (tertiary/aromatic N) is 2. The van der Waals surface area contributed by atoms with Crippen LogP contribution in [0.3, 0.4) is 0 Å². The van der Waals surface area contributed by atoms with Gasteiger partial charge in [-0.25, -0.2) is 0 Å². The molecule has 3 rings (SSSR count). The third-order valence-electron chi connectivity index (χ3n) is 4.13. The summed E-state index contributed by atoms with van der Waals surface area (Å²) in [7, 11) is 1.54. The minimum atomic E-state index is -0.759. The first kappa shape index (κ1) is 16.0. The maximum atomic E-state index is 11.8. The maximum Gasteiger partial charge on any atom is 0.267 e. The lowest BCUT2D eigenvalue weighted by Crippen LogP contribution is -2.47. The molecule has 1 heterocycles. The molecule has 1 aliphatic rings. The van der Waals surface area contributed by atoms with Crippen molar-refractivity contribution in [3.8, 4) is 11.8 Å². The lowest BCUT2D eigenvalue weighted by atomic mass is 9.94. The van der Waals surface area contributed by atoms with Gasteiger partial charge in [0, 0.05) is 12.5 Å². The second-order valence-corrected chi connectivity index (χ2v) is 5.74. The van der Waals surface area contributed by atoms with Crippen LogP contribution in [0, 0.1) is 11.3 Å². The van der Waals surface area contributed by atoms with Crippen LogP contribution in [0.2, 0.25) is 0 Å². The molecule has 6 nitrogen and oxygen atoms in total. The number of ether oxygens (including phenoxy) is 1. The molecular formula is C18H17N3O3. The van der Waals surface area contributed by atoms with Gasteiger partial charge >= 0.3 is 0 Å². The second-order valence-electron chi connectivity index (χ2n) is 5.74. The number of fused-ring (bicyclic) bond motifs is 1. The van der Waals surface area contributed by atoms with E-state index in [-0.39, 0.29) is 0 Å². The van der Waals surface area contributed by atoms with E-state index in [2.05, 4.69) is 6.07 Å². The van der Waals surface area contributed by atoms with Gasteiger partial charge in [0.05, 0.1) is 30.5 Å². The van der Waals surface area contributed by atoms with Crippen molar-refractivity contribution < 1.29 is 14.7 Å². The molecule has 3 N–H and O–H groups in total. The second kappa shape index (κ2) is 6.32. The normalized spacial score (nSPS) is 16.5. The van der Waals surface area contributed by atoms with Crippen LogP contribution in [-0.2, 0) is 17.6 Å². The summed E-state index contributed by atoms with van der Waals surface area (Å²) >= 11 is 0. The minimum Gasteiger partial charge on any atom is -0.496 e. The fraction of sp³-hybridized carbons (Fsp3) is 0.222. The van der Waals surface area contributed by atoms with Gasteiger partial charge in [0.1, 0.15) is 5.75 Å². The van der Waals surface area contributed by atoms with Crippen LogP contribution >= 0.6 is 0 Å². The van der Waals surface area contributed by atoms with Gasteiger partial charge in [-0.05, 0) is 41.3 Å². The van der Waals surface area contributed by atoms with Crippen molar-refractivity contribution in [2.45, 2.75) is 18.9 Å². The number of carbonyl (C=O) groups excluding carboxylic acids is 1. The van der Waals surface area contributed by atoms with E-state index in [9.17, 15) is 10.0 Å². The van der Waals surface area contributed by atoms with Gasteiger partial charge in [0.2, 0.25) is 0 Å². The highest BCUT2D eigenvalue weighted by molar-refractivity contribution is 5.98. The zero-order valence-corrected chi connectivity index (χ0v) is 13.2. The topological polar surface area (TPSA) is 99.6 Å². The van der Waals surface area contributed by atoms with E-state index in [1.165, 1.54) is 7.11 Å². The average molecular weight is 323 g/mol. The monoisotopic (exact) mass is 323 g/mol. The van der Waals surface area contributed by atoms with E-state index < -0.39 is 11.9 Å². The van der Waals surface area contributed by atoms with Crippen LogP contribution in [0.25, 0.3) is 0 Å². The van der Waals surface area contributed by atoms with Crippen LogP contribution in [0.4, 0.5) is 5.69 Å². The summed E-state index contributed by atoms with van der Waals surface area (Å²) in [6.07, 6.45) is 0.932. The fourth-order valence-electron chi connectivity index (χ4n) is 2.92. The number of benzene rings is 2. The number of rotatable bonds is 3. The molecule has 122 valence electrons. The zero-order valence-electron chi connectivity index (χ0n) is 13.2. The standard InChI is InChI=1S/C18H17N3O3/c1-24-17-9-16-13(8-15(20)18(22)21(16)23)7-14(17)6-11-3-2-4-12(5-11)10-19/h2-5,7,9,15,23H,6,8,20H2,1H3/t15-/m0/s1. The van der Waals surface area contributed by atoms with Crippen LogP contribution in [0.1, 0.15) is 22.3 Å². The number of amides is 1. The molecule has 2 aromatic rings. The van der Waals surface area contributed by atoms with E-state index in [1.54, 1.807) is 12.1 Å². The van der Waals surface area contributed by atoms with E-state index >= 15 is 0 Å². The first-order chi connectivity index (χ1) is 11.5. The molecule has 1 amide bonds. The molecule has 0 bridgehead atoms. The Balaban J connectivity index is 2.01. The quantitative estimate of drug-likeness (QED) is 0.839. The van der Waals surface area contributed by atoms with E-state index in [1.807, 2.05) is 24.3 Å². The summed E-state index contributed by atoms with van der Waals surface area (Å²) < 4.78 is 5.41. The molecule has 1 aliphatic heterocycles. The van der Waals surface area contributed by atoms with Gasteiger partial charge in [-0.3, -0.25) is 10.0 Å². The van der Waals surface area contributed by atoms with Gasteiger partial charge in [-0.1, -0.05) is 12.1 Å². The molecule has 0 aliphatic carbocycles. The third kappa shape index (κ3) is 2.83. The van der Waals surface area contributed by atoms with Gasteiger partial charge in [-0.15, -0.1) is 0 Å². The summed E-state index contributed by atoms with van der Waals surface area (Å²) in [6.45, 7) is 0. The van der Waals surface area contributed by atoms with Crippen molar-refractivity contribution in [2.24, 2.45) is 5.73 Å². The summed E-state index contributed by atoms with van der Waals surface area (Å²) in [5.74, 6) is 0.0393. The minimum absolute atomic E-state index is 0.362. The zero-order chi connectivity index (χ0) is 17.3. The molecule has 0 unspecified atom stereocenters. The van der Waals surface area contributed by atoms with Crippen LogP contribution in [-0.4, -0.2) is 24.3 Å². The van der Waals surface area contributed by atoms with E-state index in [0.717, 1.165) is 16.7 Å². The lowest BCUT2D eigenvalue weighted by molar-refractivity contribution is -0.125. The summed E-state index contributed by atoms with van der Waals surface area (Å²) in [5, 5.41) is 19.6. The van der Waals surface area contributed by atoms with Crippen molar-refractivity contribution in [2.75, 3.05) is 12.2 Å². The molecule has 0 saturated carbocycles. The Labute approximate surface area is 139 Å². The summed E-state index contributed by atoms with van der Waals surface area (Å²) in [5.41, 5.74) is 9.44. The lowest BCUT2D eigenvalue weighted by Gasteiger charge is -2.28. The van der Waals surface area contributed by atoms with Crippen molar-refractivity contribution in [1.82, 2.24) is 0 Å². The predicted octanol–water partition coefficient (Wildman–Crippen LogP) is 1.76. The average Bonchev–Trinajstić information content (AvgIpc) is 2.59. The number of nitriles is 1. The van der Waals surface area contributed by atoms with Crippen LogP contribution in [0.5, 0.6) is 5.75 Å². The maximum absolute atomic E-state index is 11.8. The number of anilines is 1. The van der Waals surface area contributed by atoms with Crippen molar-refractivity contribution in [1.29, 1.82) is 5.26 Å². The predicted molar refractivity (Wildman–Crippen MR) is 87.9 cm³/mol. The van der Waals surface area contributed by atoms with Crippen LogP contribution < -0.4 is 15.5 Å². The molecule has 0 saturated heterocycles. The van der Waals surface area contributed by atoms with Crippen molar-refractivity contribution in [3.63, 3.8) is 0 Å². The van der Waals surface area contributed by atoms with Crippen molar-refractivity contribution >= 4 is 11.6 Å². The van der Waals surface area contributed by atoms with Crippen molar-refractivity contribution in [3.05, 3.63) is 58.7 Å². The molecule has 2 aromatic carbocycles. The Morgan fingerprint density at radius 3 is 2.92 bits per heavy atom. The van der Waals surface area contributed by atoms with E-state index in [0.29, 0.717) is 34.9 Å². The molecule has 0 radical (unpaired) electrons. The molecule has 6 heteroatoms. The van der Waals surface area contributed by atoms with Gasteiger partial charge < -0.3 is 10.5 Å². The van der Waals surface area contributed by atoms with Gasteiger partial charge in [0.15, 0.2) is 0 Å². The Morgan fingerprint density at radius 2 is 2.21 bits per heavy atom. The number of hydroxylamine groups is 1. The molecule has 0 fully saturated rings. The molecule has 1 atom stereocenters. The third-order valence-corrected chi connectivity index (χ3v) is 4.13. The summed E-state index contributed by atoms with van der Waals surface area (Å²) in [6, 6.07) is 12.2. The smallest absolute Gasteiger partial charge is 0.267 e. The molecule has 0 aromatic heterocycles. The Kier molecular flexibility index (Phi) is 4.21. The first-order valence-electron chi connectivity index (χ1n) is 7.50. The van der Waals surface area contributed by atoms with Gasteiger partial charge in [0.25, 0.3) is 5.91 Å². The first-order valence-corrected chi connectivity index (χ1v) is 7.50. The summed E-state index contributed by atoms with van der Waals surface area (Å²) in [4.78, 5) is 11.8. The Morgan fingerprint density at radius 1 is 1.42 bits per heavy atom. The highest BCUT2D eigenvalue weighted by atomic mass is 16.5. The van der Waals surface area contributed by atoms with Gasteiger partial charge in [-0.2, -0.15) is 10.3 Å². The fourth-order valence-corrected chi connectivity index (χ4v) is 2.92. The number of hydrogen-bond acceptors (Lipinski definition) is 5.